The Morgan fingerprint density at radius 3 is 2.46 bits per heavy atom. The fourth-order valence-corrected chi connectivity index (χ4v) is 2.13. The zero-order valence-electron chi connectivity index (χ0n) is 12.8. The van der Waals surface area contributed by atoms with E-state index in [-0.39, 0.29) is 13.0 Å². The van der Waals surface area contributed by atoms with Gasteiger partial charge in [-0.2, -0.15) is 5.26 Å². The van der Waals surface area contributed by atoms with Gasteiger partial charge in [-0.15, -0.1) is 0 Å². The van der Waals surface area contributed by atoms with Crippen LogP contribution in [-0.2, 0) is 22.6 Å². The third-order valence-electron chi connectivity index (χ3n) is 3.36. The van der Waals surface area contributed by atoms with Crippen LogP contribution in [0.25, 0.3) is 0 Å². The molecule has 24 heavy (non-hydrogen) atoms. The molecule has 2 aromatic rings. The minimum absolute atomic E-state index is 0.000492. The number of nitrogens with one attached hydrogen (secondary N) is 1. The van der Waals surface area contributed by atoms with Gasteiger partial charge < -0.3 is 15.2 Å². The number of aliphatic carboxylic acids is 1. The summed E-state index contributed by atoms with van der Waals surface area (Å²) in [6.07, 6.45) is -0.819. The fraction of sp³-hybridized carbons (Fsp3) is 0.167. The highest BCUT2D eigenvalue weighted by molar-refractivity contribution is 5.80. The van der Waals surface area contributed by atoms with Crippen molar-refractivity contribution in [1.82, 2.24) is 5.32 Å². The largest absolute Gasteiger partial charge is 0.480 e. The topological polar surface area (TPSA) is 99.4 Å². The summed E-state index contributed by atoms with van der Waals surface area (Å²) in [6.45, 7) is 0.0494. The molecule has 0 heterocycles. The van der Waals surface area contributed by atoms with Gasteiger partial charge >= 0.3 is 12.1 Å². The van der Waals surface area contributed by atoms with Gasteiger partial charge in [-0.05, 0) is 17.2 Å². The summed E-state index contributed by atoms with van der Waals surface area (Å²) < 4.78 is 5.02. The normalized spacial score (nSPS) is 11.1. The molecule has 0 fully saturated rings. The van der Waals surface area contributed by atoms with E-state index < -0.39 is 18.1 Å². The zero-order chi connectivity index (χ0) is 17.4. The Hall–Kier alpha value is -3.33. The third kappa shape index (κ3) is 4.85. The van der Waals surface area contributed by atoms with Crippen LogP contribution in [0.5, 0.6) is 0 Å². The fourth-order valence-electron chi connectivity index (χ4n) is 2.13. The average Bonchev–Trinajstić information content (AvgIpc) is 2.60. The molecule has 2 N–H and O–H groups in total. The number of carbonyl (C=O) groups excluding carboxylic acids is 1. The second kappa shape index (κ2) is 8.34. The highest BCUT2D eigenvalue weighted by Gasteiger charge is 2.22. The Bertz CT molecular complexity index is 753. The van der Waals surface area contributed by atoms with Crippen LogP contribution in [-0.4, -0.2) is 23.2 Å². The molecule has 122 valence electrons. The van der Waals surface area contributed by atoms with Gasteiger partial charge in [0.15, 0.2) is 0 Å². The maximum atomic E-state index is 11.8. The van der Waals surface area contributed by atoms with Crippen molar-refractivity contribution in [2.24, 2.45) is 0 Å². The number of nitriles is 1. The maximum Gasteiger partial charge on any atom is 0.408 e. The number of carboxylic acid groups (broad SMARTS) is 1. The summed E-state index contributed by atoms with van der Waals surface area (Å²) in [4.78, 5) is 23.2. The highest BCUT2D eigenvalue weighted by Crippen LogP contribution is 2.11. The number of carboxylic acids is 1. The van der Waals surface area contributed by atoms with E-state index in [2.05, 4.69) is 5.32 Å². The van der Waals surface area contributed by atoms with Crippen LogP contribution < -0.4 is 5.32 Å². The van der Waals surface area contributed by atoms with Gasteiger partial charge in [0.2, 0.25) is 0 Å². The molecule has 2 aromatic carbocycles. The molecule has 1 amide bonds. The van der Waals surface area contributed by atoms with Gasteiger partial charge in [0.1, 0.15) is 12.6 Å². The number of carbonyl (C=O) groups is 2. The standard InChI is InChI=1S/C18H16N2O4/c19-11-15-9-5-4-8-14(15)10-16(17(21)22)20-18(23)24-12-13-6-2-1-3-7-13/h1-9,16H,10,12H2,(H,20,23)(H,21,22). The first-order chi connectivity index (χ1) is 11.6. The SMILES string of the molecule is N#Cc1ccccc1CC(NC(=O)OCc1ccccc1)C(=O)O. The highest BCUT2D eigenvalue weighted by atomic mass is 16.5. The van der Waals surface area contributed by atoms with Gasteiger partial charge in [-0.3, -0.25) is 0 Å². The number of nitrogens with zero attached hydrogens (tertiary/aromatic N) is 1. The molecule has 2 rings (SSSR count). The predicted octanol–water partition coefficient (Wildman–Crippen LogP) is 2.48. The molecule has 0 aliphatic rings. The lowest BCUT2D eigenvalue weighted by Gasteiger charge is -2.15. The van der Waals surface area contributed by atoms with Gasteiger partial charge in [0, 0.05) is 6.42 Å². The summed E-state index contributed by atoms with van der Waals surface area (Å²) in [6, 6.07) is 16.6. The van der Waals surface area contributed by atoms with Crippen LogP contribution in [0.2, 0.25) is 0 Å². The van der Waals surface area contributed by atoms with Gasteiger partial charge in [-0.1, -0.05) is 48.5 Å². The molecule has 0 saturated carbocycles. The van der Waals surface area contributed by atoms with Gasteiger partial charge in [-0.25, -0.2) is 9.59 Å². The summed E-state index contributed by atoms with van der Waals surface area (Å²) in [5, 5.41) is 20.6. The summed E-state index contributed by atoms with van der Waals surface area (Å²) >= 11 is 0. The van der Waals surface area contributed by atoms with Crippen molar-refractivity contribution in [2.75, 3.05) is 0 Å². The number of amides is 1. The molecule has 1 unspecified atom stereocenters. The lowest BCUT2D eigenvalue weighted by Crippen LogP contribution is -2.42. The summed E-state index contributed by atoms with van der Waals surface area (Å²) in [5.74, 6) is -1.19. The van der Waals surface area contributed by atoms with Crippen molar-refractivity contribution in [3.8, 4) is 6.07 Å². The predicted molar refractivity (Wildman–Crippen MR) is 86.0 cm³/mol. The lowest BCUT2D eigenvalue weighted by molar-refractivity contribution is -0.139. The smallest absolute Gasteiger partial charge is 0.408 e. The van der Waals surface area contributed by atoms with Crippen molar-refractivity contribution >= 4 is 12.1 Å². The molecule has 0 bridgehead atoms. The van der Waals surface area contributed by atoms with Crippen molar-refractivity contribution < 1.29 is 19.4 Å². The van der Waals surface area contributed by atoms with Crippen LogP contribution in [0, 0.1) is 11.3 Å². The van der Waals surface area contributed by atoms with E-state index in [0.29, 0.717) is 11.1 Å². The van der Waals surface area contributed by atoms with Crippen LogP contribution in [0.1, 0.15) is 16.7 Å². The number of hydrogen-bond acceptors (Lipinski definition) is 4. The van der Waals surface area contributed by atoms with Crippen LogP contribution >= 0.6 is 0 Å². The first-order valence-electron chi connectivity index (χ1n) is 7.28. The van der Waals surface area contributed by atoms with Crippen molar-refractivity contribution in [2.45, 2.75) is 19.1 Å². The van der Waals surface area contributed by atoms with Gasteiger partial charge in [0.25, 0.3) is 0 Å². The molecule has 0 radical (unpaired) electrons. The number of rotatable bonds is 6. The van der Waals surface area contributed by atoms with E-state index in [1.54, 1.807) is 36.4 Å². The van der Waals surface area contributed by atoms with E-state index in [1.807, 2.05) is 24.3 Å². The van der Waals surface area contributed by atoms with Crippen molar-refractivity contribution in [1.29, 1.82) is 5.26 Å². The van der Waals surface area contributed by atoms with E-state index in [1.165, 1.54) is 0 Å². The van der Waals surface area contributed by atoms with Crippen molar-refractivity contribution in [3.63, 3.8) is 0 Å². The molecule has 6 nitrogen and oxygen atoms in total. The molecule has 0 saturated heterocycles. The zero-order valence-corrected chi connectivity index (χ0v) is 12.8. The Morgan fingerprint density at radius 2 is 1.79 bits per heavy atom. The number of ether oxygens (including phenoxy) is 1. The molecule has 1 atom stereocenters. The Labute approximate surface area is 139 Å². The number of alkyl carbamates (subject to hydrolysis) is 1. The number of hydrogen-bond donors (Lipinski definition) is 2. The molecule has 0 aliphatic heterocycles. The Kier molecular flexibility index (Phi) is 5.92. The van der Waals surface area contributed by atoms with E-state index in [4.69, 9.17) is 10.00 Å². The first kappa shape index (κ1) is 17.0. The van der Waals surface area contributed by atoms with E-state index >= 15 is 0 Å². The summed E-state index contributed by atoms with van der Waals surface area (Å²) in [5.41, 5.74) is 1.73. The average molecular weight is 324 g/mol. The minimum Gasteiger partial charge on any atom is -0.480 e. The molecular weight excluding hydrogens is 308 g/mol. The first-order valence-corrected chi connectivity index (χ1v) is 7.28. The van der Waals surface area contributed by atoms with Crippen LogP contribution in [0.3, 0.4) is 0 Å². The Balaban J connectivity index is 1.97. The molecule has 6 heteroatoms. The molecule has 0 aromatic heterocycles. The van der Waals surface area contributed by atoms with E-state index in [0.717, 1.165) is 5.56 Å². The second-order valence-corrected chi connectivity index (χ2v) is 5.07. The molecule has 0 spiro atoms. The molecular formula is C18H16N2O4. The van der Waals surface area contributed by atoms with E-state index in [9.17, 15) is 14.7 Å². The van der Waals surface area contributed by atoms with Crippen LogP contribution in [0.4, 0.5) is 4.79 Å². The van der Waals surface area contributed by atoms with Crippen LogP contribution in [0.15, 0.2) is 54.6 Å². The monoisotopic (exact) mass is 324 g/mol. The second-order valence-electron chi connectivity index (χ2n) is 5.07. The van der Waals surface area contributed by atoms with Crippen molar-refractivity contribution in [3.05, 3.63) is 71.3 Å². The third-order valence-corrected chi connectivity index (χ3v) is 3.36. The number of benzene rings is 2. The lowest BCUT2D eigenvalue weighted by atomic mass is 10.0. The summed E-state index contributed by atoms with van der Waals surface area (Å²) in [7, 11) is 0. The maximum absolute atomic E-state index is 11.8. The van der Waals surface area contributed by atoms with Gasteiger partial charge in [0.05, 0.1) is 11.6 Å². The minimum atomic E-state index is -1.19. The molecule has 0 aliphatic carbocycles. The Morgan fingerprint density at radius 1 is 1.12 bits per heavy atom. The quantitative estimate of drug-likeness (QED) is 0.850.